The number of thiazole rings is 1. The lowest BCUT2D eigenvalue weighted by Gasteiger charge is -2.13. The normalized spacial score (nSPS) is 12.1. The molecule has 94 valence electrons. The molecule has 0 saturated heterocycles. The summed E-state index contributed by atoms with van der Waals surface area (Å²) in [5.41, 5.74) is 2.48. The highest BCUT2D eigenvalue weighted by atomic mass is 32.1. The van der Waals surface area contributed by atoms with Gasteiger partial charge in [0.1, 0.15) is 11.5 Å². The zero-order chi connectivity index (χ0) is 13.1. The Labute approximate surface area is 106 Å². The molecule has 2 rings (SSSR count). The van der Waals surface area contributed by atoms with Crippen molar-refractivity contribution in [1.82, 2.24) is 4.98 Å². The van der Waals surface area contributed by atoms with Crippen molar-refractivity contribution in [3.8, 4) is 0 Å². The number of hydrogen-bond donors (Lipinski definition) is 1. The van der Waals surface area contributed by atoms with Gasteiger partial charge in [-0.2, -0.15) is 0 Å². The summed E-state index contributed by atoms with van der Waals surface area (Å²) in [5, 5.41) is 15.6. The number of hydrogen-bond acceptors (Lipinski definition) is 5. The smallest absolute Gasteiger partial charge is 0.295 e. The monoisotopic (exact) mass is 267 g/mol. The van der Waals surface area contributed by atoms with E-state index in [4.69, 9.17) is 0 Å². The van der Waals surface area contributed by atoms with Crippen LogP contribution in [0.3, 0.4) is 0 Å². The quantitative estimate of drug-likeness (QED) is 0.681. The Kier molecular flexibility index (Phi) is 3.52. The van der Waals surface area contributed by atoms with Crippen LogP contribution in [0.2, 0.25) is 0 Å². The van der Waals surface area contributed by atoms with E-state index < -0.39 is 10.7 Å². The van der Waals surface area contributed by atoms with Crippen LogP contribution in [-0.4, -0.2) is 9.91 Å². The molecule has 1 atom stereocenters. The molecule has 2 aromatic rings. The molecule has 0 aliphatic carbocycles. The predicted octanol–water partition coefficient (Wildman–Crippen LogP) is 3.36. The van der Waals surface area contributed by atoms with Crippen LogP contribution in [0.1, 0.15) is 18.7 Å². The van der Waals surface area contributed by atoms with Crippen LogP contribution in [0, 0.1) is 15.9 Å². The summed E-state index contributed by atoms with van der Waals surface area (Å²) in [6.45, 7) is 1.84. The predicted molar refractivity (Wildman–Crippen MR) is 67.2 cm³/mol. The van der Waals surface area contributed by atoms with Gasteiger partial charge in [0.2, 0.25) is 0 Å². The van der Waals surface area contributed by atoms with Crippen molar-refractivity contribution in [1.29, 1.82) is 0 Å². The molecule has 1 N–H and O–H groups in total. The minimum Gasteiger partial charge on any atom is -0.371 e. The highest BCUT2D eigenvalue weighted by molar-refractivity contribution is 7.07. The topological polar surface area (TPSA) is 68.1 Å². The summed E-state index contributed by atoms with van der Waals surface area (Å²) in [6.07, 6.45) is 0. The van der Waals surface area contributed by atoms with Crippen molar-refractivity contribution in [2.45, 2.75) is 13.0 Å². The van der Waals surface area contributed by atoms with Gasteiger partial charge >= 0.3 is 0 Å². The van der Waals surface area contributed by atoms with Crippen molar-refractivity contribution < 1.29 is 9.31 Å². The average molecular weight is 267 g/mol. The third-order valence-corrected chi connectivity index (χ3v) is 3.03. The number of anilines is 1. The Morgan fingerprint density at radius 1 is 1.56 bits per heavy atom. The first kappa shape index (κ1) is 12.4. The largest absolute Gasteiger partial charge is 0.371 e. The molecular formula is C11H10FN3O2S. The summed E-state index contributed by atoms with van der Waals surface area (Å²) in [5.74, 6) is -0.631. The van der Waals surface area contributed by atoms with Crippen LogP contribution < -0.4 is 5.32 Å². The molecule has 1 unspecified atom stereocenters. The lowest BCUT2D eigenvalue weighted by atomic mass is 10.2. The second kappa shape index (κ2) is 5.09. The Morgan fingerprint density at radius 3 is 2.94 bits per heavy atom. The van der Waals surface area contributed by atoms with Crippen molar-refractivity contribution in [2.24, 2.45) is 0 Å². The third-order valence-electron chi connectivity index (χ3n) is 2.42. The fourth-order valence-electron chi connectivity index (χ4n) is 1.52. The maximum atomic E-state index is 13.0. The SMILES string of the molecule is CC(Nc1ccc(F)cc1[N+](=O)[O-])c1cscn1. The van der Waals surface area contributed by atoms with Crippen LogP contribution in [0.5, 0.6) is 0 Å². The molecule has 18 heavy (non-hydrogen) atoms. The number of nitro groups is 1. The van der Waals surface area contributed by atoms with E-state index >= 15 is 0 Å². The molecule has 1 heterocycles. The highest BCUT2D eigenvalue weighted by Crippen LogP contribution is 2.28. The van der Waals surface area contributed by atoms with Gasteiger partial charge in [-0.3, -0.25) is 10.1 Å². The number of halogens is 1. The lowest BCUT2D eigenvalue weighted by molar-refractivity contribution is -0.384. The van der Waals surface area contributed by atoms with Crippen molar-refractivity contribution in [3.63, 3.8) is 0 Å². The summed E-state index contributed by atoms with van der Waals surface area (Å²) >= 11 is 1.45. The number of nitro benzene ring substituents is 1. The second-order valence-electron chi connectivity index (χ2n) is 3.70. The first-order valence-corrected chi connectivity index (χ1v) is 6.11. The van der Waals surface area contributed by atoms with Crippen LogP contribution in [0.25, 0.3) is 0 Å². The van der Waals surface area contributed by atoms with Crippen LogP contribution >= 0.6 is 11.3 Å². The Balaban J connectivity index is 2.26. The van der Waals surface area contributed by atoms with Gasteiger partial charge in [0, 0.05) is 5.38 Å². The maximum Gasteiger partial charge on any atom is 0.295 e. The van der Waals surface area contributed by atoms with Crippen LogP contribution in [0.4, 0.5) is 15.8 Å². The molecule has 0 aliphatic rings. The molecule has 0 saturated carbocycles. The molecule has 0 aliphatic heterocycles. The fraction of sp³-hybridized carbons (Fsp3) is 0.182. The average Bonchev–Trinajstić information content (AvgIpc) is 2.84. The molecule has 0 radical (unpaired) electrons. The van der Waals surface area contributed by atoms with Gasteiger partial charge in [0.15, 0.2) is 0 Å². The van der Waals surface area contributed by atoms with E-state index in [9.17, 15) is 14.5 Å². The molecule has 1 aromatic carbocycles. The van der Waals surface area contributed by atoms with Gasteiger partial charge < -0.3 is 5.32 Å². The zero-order valence-electron chi connectivity index (χ0n) is 9.46. The highest BCUT2D eigenvalue weighted by Gasteiger charge is 2.17. The minimum absolute atomic E-state index is 0.180. The van der Waals surface area contributed by atoms with Gasteiger partial charge in [-0.1, -0.05) is 0 Å². The Hall–Kier alpha value is -2.02. The van der Waals surface area contributed by atoms with E-state index in [1.807, 2.05) is 12.3 Å². The summed E-state index contributed by atoms with van der Waals surface area (Å²) in [4.78, 5) is 14.3. The van der Waals surface area contributed by atoms with Crippen molar-refractivity contribution in [2.75, 3.05) is 5.32 Å². The van der Waals surface area contributed by atoms with Gasteiger partial charge in [0.25, 0.3) is 5.69 Å². The minimum atomic E-state index is -0.631. The molecular weight excluding hydrogens is 257 g/mol. The number of rotatable bonds is 4. The summed E-state index contributed by atoms with van der Waals surface area (Å²) < 4.78 is 13.0. The molecule has 0 amide bonds. The molecule has 0 fully saturated rings. The van der Waals surface area contributed by atoms with Crippen molar-refractivity contribution in [3.05, 3.63) is 50.7 Å². The number of benzene rings is 1. The molecule has 0 spiro atoms. The first-order valence-electron chi connectivity index (χ1n) is 5.16. The standard InChI is InChI=1S/C11H10FN3O2S/c1-7(10-5-18-6-13-10)14-9-3-2-8(12)4-11(9)15(16)17/h2-7,14H,1H3. The summed E-state index contributed by atoms with van der Waals surface area (Å²) in [6, 6.07) is 3.26. The number of nitrogens with one attached hydrogen (secondary N) is 1. The van der Waals surface area contributed by atoms with Crippen LogP contribution in [-0.2, 0) is 0 Å². The first-order chi connectivity index (χ1) is 8.58. The van der Waals surface area contributed by atoms with E-state index in [-0.39, 0.29) is 17.4 Å². The zero-order valence-corrected chi connectivity index (χ0v) is 10.3. The fourth-order valence-corrected chi connectivity index (χ4v) is 2.17. The van der Waals surface area contributed by atoms with Gasteiger partial charge in [-0.25, -0.2) is 9.37 Å². The third kappa shape index (κ3) is 2.62. The van der Waals surface area contributed by atoms with Gasteiger partial charge in [-0.05, 0) is 19.1 Å². The van der Waals surface area contributed by atoms with Gasteiger partial charge in [0.05, 0.1) is 28.2 Å². The summed E-state index contributed by atoms with van der Waals surface area (Å²) in [7, 11) is 0. The van der Waals surface area contributed by atoms with Crippen LogP contribution in [0.15, 0.2) is 29.1 Å². The van der Waals surface area contributed by atoms with E-state index in [0.29, 0.717) is 0 Å². The molecule has 7 heteroatoms. The van der Waals surface area contributed by atoms with Crippen molar-refractivity contribution >= 4 is 22.7 Å². The van der Waals surface area contributed by atoms with E-state index in [1.54, 1.807) is 5.51 Å². The number of aromatic nitrogens is 1. The molecule has 1 aromatic heterocycles. The Morgan fingerprint density at radius 2 is 2.33 bits per heavy atom. The van der Waals surface area contributed by atoms with E-state index in [2.05, 4.69) is 10.3 Å². The Bertz CT molecular complexity index is 559. The number of nitrogens with zero attached hydrogens (tertiary/aromatic N) is 2. The van der Waals surface area contributed by atoms with E-state index in [1.165, 1.54) is 23.5 Å². The second-order valence-corrected chi connectivity index (χ2v) is 4.42. The van der Waals surface area contributed by atoms with E-state index in [0.717, 1.165) is 11.8 Å². The lowest BCUT2D eigenvalue weighted by Crippen LogP contribution is -2.08. The van der Waals surface area contributed by atoms with Gasteiger partial charge in [-0.15, -0.1) is 11.3 Å². The molecule has 5 nitrogen and oxygen atoms in total. The maximum absolute atomic E-state index is 13.0. The molecule has 0 bridgehead atoms.